The van der Waals surface area contributed by atoms with Crippen molar-refractivity contribution in [2.24, 2.45) is 0 Å². The third kappa shape index (κ3) is 3.34. The number of nitrogens with zero attached hydrogens (tertiary/aromatic N) is 2. The molecule has 110 valence electrons. The van der Waals surface area contributed by atoms with Gasteiger partial charge in [-0.15, -0.1) is 0 Å². The average Bonchev–Trinajstić information content (AvgIpc) is 2.80. The van der Waals surface area contributed by atoms with Gasteiger partial charge in [0, 0.05) is 32.4 Å². The molecule has 2 heterocycles. The first-order chi connectivity index (χ1) is 10.3. The normalized spacial score (nSPS) is 15.7. The van der Waals surface area contributed by atoms with Gasteiger partial charge in [-0.05, 0) is 30.7 Å². The molecule has 0 unspecified atom stereocenters. The van der Waals surface area contributed by atoms with Crippen LogP contribution >= 0.6 is 0 Å². The van der Waals surface area contributed by atoms with Crippen LogP contribution in [0.15, 0.2) is 48.7 Å². The fourth-order valence-electron chi connectivity index (χ4n) is 2.74. The van der Waals surface area contributed by atoms with Crippen LogP contribution < -0.4 is 5.32 Å². The van der Waals surface area contributed by atoms with E-state index in [2.05, 4.69) is 17.4 Å². The van der Waals surface area contributed by atoms with Gasteiger partial charge in [-0.2, -0.15) is 0 Å². The van der Waals surface area contributed by atoms with Crippen molar-refractivity contribution in [1.82, 2.24) is 14.8 Å². The summed E-state index contributed by atoms with van der Waals surface area (Å²) < 4.78 is 2.04. The van der Waals surface area contributed by atoms with Crippen LogP contribution in [-0.2, 0) is 6.54 Å². The zero-order valence-electron chi connectivity index (χ0n) is 12.2. The minimum atomic E-state index is 0.139. The minimum absolute atomic E-state index is 0.139. The maximum Gasteiger partial charge on any atom is 0.270 e. The quantitative estimate of drug-likeness (QED) is 0.935. The van der Waals surface area contributed by atoms with Gasteiger partial charge in [-0.1, -0.05) is 30.3 Å². The van der Waals surface area contributed by atoms with Crippen LogP contribution in [0.4, 0.5) is 0 Å². The number of carbonyl (C=O) groups is 1. The monoisotopic (exact) mass is 283 g/mol. The van der Waals surface area contributed by atoms with Gasteiger partial charge < -0.3 is 14.8 Å². The van der Waals surface area contributed by atoms with Crippen LogP contribution in [0, 0.1) is 0 Å². The molecule has 3 rings (SSSR count). The maximum atomic E-state index is 12.7. The molecule has 1 aromatic carbocycles. The van der Waals surface area contributed by atoms with Gasteiger partial charge in [-0.3, -0.25) is 4.79 Å². The lowest BCUT2D eigenvalue weighted by Gasteiger charge is -2.21. The zero-order valence-corrected chi connectivity index (χ0v) is 12.2. The standard InChI is InChI=1S/C17H21N3O/c21-17(19-12-5-9-18-10-13-19)16-8-4-11-20(16)14-15-6-2-1-3-7-15/h1-4,6-8,11,18H,5,9-10,12-14H2. The highest BCUT2D eigenvalue weighted by molar-refractivity contribution is 5.92. The number of carbonyl (C=O) groups excluding carboxylic acids is 1. The van der Waals surface area contributed by atoms with Crippen molar-refractivity contribution in [3.8, 4) is 0 Å². The smallest absolute Gasteiger partial charge is 0.270 e. The summed E-state index contributed by atoms with van der Waals surface area (Å²) in [5.41, 5.74) is 1.99. The fourth-order valence-corrected chi connectivity index (χ4v) is 2.74. The minimum Gasteiger partial charge on any atom is -0.339 e. The summed E-state index contributed by atoms with van der Waals surface area (Å²) in [7, 11) is 0. The van der Waals surface area contributed by atoms with Crippen molar-refractivity contribution in [2.75, 3.05) is 26.2 Å². The van der Waals surface area contributed by atoms with E-state index in [0.717, 1.165) is 44.8 Å². The van der Waals surface area contributed by atoms with Gasteiger partial charge in [0.2, 0.25) is 0 Å². The molecule has 0 atom stereocenters. The van der Waals surface area contributed by atoms with Crippen molar-refractivity contribution in [1.29, 1.82) is 0 Å². The van der Waals surface area contributed by atoms with Crippen molar-refractivity contribution < 1.29 is 4.79 Å². The Labute approximate surface area is 125 Å². The molecule has 1 N–H and O–H groups in total. The van der Waals surface area contributed by atoms with Crippen LogP contribution in [0.1, 0.15) is 22.5 Å². The fraction of sp³-hybridized carbons (Fsp3) is 0.353. The Balaban J connectivity index is 1.76. The highest BCUT2D eigenvalue weighted by atomic mass is 16.2. The molecule has 1 saturated heterocycles. The van der Waals surface area contributed by atoms with E-state index in [1.54, 1.807) is 0 Å². The summed E-state index contributed by atoms with van der Waals surface area (Å²) in [6.45, 7) is 4.23. The second kappa shape index (κ2) is 6.59. The Hall–Kier alpha value is -2.07. The molecule has 1 aromatic heterocycles. The molecular weight excluding hydrogens is 262 g/mol. The number of aromatic nitrogens is 1. The van der Waals surface area contributed by atoms with Gasteiger partial charge in [-0.25, -0.2) is 0 Å². The summed E-state index contributed by atoms with van der Waals surface area (Å²) >= 11 is 0. The zero-order chi connectivity index (χ0) is 14.5. The third-order valence-electron chi connectivity index (χ3n) is 3.87. The Morgan fingerprint density at radius 1 is 1.05 bits per heavy atom. The molecule has 2 aromatic rings. The largest absolute Gasteiger partial charge is 0.339 e. The van der Waals surface area contributed by atoms with E-state index in [0.29, 0.717) is 0 Å². The molecule has 21 heavy (non-hydrogen) atoms. The first kappa shape index (κ1) is 13.9. The summed E-state index contributed by atoms with van der Waals surface area (Å²) in [4.78, 5) is 14.7. The van der Waals surface area contributed by atoms with Gasteiger partial charge in [0.1, 0.15) is 5.69 Å². The molecule has 0 spiro atoms. The predicted molar refractivity (Wildman–Crippen MR) is 83.4 cm³/mol. The van der Waals surface area contributed by atoms with Crippen LogP contribution in [0.3, 0.4) is 0 Å². The Morgan fingerprint density at radius 3 is 2.76 bits per heavy atom. The molecule has 4 heteroatoms. The lowest BCUT2D eigenvalue weighted by Crippen LogP contribution is -2.35. The van der Waals surface area contributed by atoms with Gasteiger partial charge in [0.25, 0.3) is 5.91 Å². The van der Waals surface area contributed by atoms with E-state index in [1.165, 1.54) is 5.56 Å². The van der Waals surface area contributed by atoms with E-state index in [1.807, 2.05) is 46.0 Å². The Bertz CT molecular complexity index is 583. The summed E-state index contributed by atoms with van der Waals surface area (Å²) in [6.07, 6.45) is 3.00. The van der Waals surface area contributed by atoms with Crippen LogP contribution in [-0.4, -0.2) is 41.6 Å². The van der Waals surface area contributed by atoms with Crippen molar-refractivity contribution in [3.63, 3.8) is 0 Å². The molecule has 0 saturated carbocycles. The van der Waals surface area contributed by atoms with E-state index < -0.39 is 0 Å². The lowest BCUT2D eigenvalue weighted by molar-refractivity contribution is 0.0756. The molecule has 1 amide bonds. The average molecular weight is 283 g/mol. The first-order valence-corrected chi connectivity index (χ1v) is 7.53. The van der Waals surface area contributed by atoms with Gasteiger partial charge >= 0.3 is 0 Å². The van der Waals surface area contributed by atoms with E-state index in [4.69, 9.17) is 0 Å². The Kier molecular flexibility index (Phi) is 4.36. The lowest BCUT2D eigenvalue weighted by atomic mass is 10.2. The molecular formula is C17H21N3O. The topological polar surface area (TPSA) is 37.3 Å². The second-order valence-corrected chi connectivity index (χ2v) is 5.40. The molecule has 4 nitrogen and oxygen atoms in total. The van der Waals surface area contributed by atoms with Gasteiger partial charge in [0.15, 0.2) is 0 Å². The highest BCUT2D eigenvalue weighted by Gasteiger charge is 2.19. The second-order valence-electron chi connectivity index (χ2n) is 5.40. The molecule has 1 aliphatic heterocycles. The van der Waals surface area contributed by atoms with E-state index in [9.17, 15) is 4.79 Å². The van der Waals surface area contributed by atoms with Crippen molar-refractivity contribution in [3.05, 3.63) is 59.9 Å². The van der Waals surface area contributed by atoms with Crippen LogP contribution in [0.25, 0.3) is 0 Å². The molecule has 0 aliphatic carbocycles. The molecule has 1 fully saturated rings. The number of nitrogens with one attached hydrogen (secondary N) is 1. The molecule has 0 bridgehead atoms. The number of rotatable bonds is 3. The summed E-state index contributed by atoms with van der Waals surface area (Å²) in [5, 5.41) is 3.33. The first-order valence-electron chi connectivity index (χ1n) is 7.53. The number of amides is 1. The summed E-state index contributed by atoms with van der Waals surface area (Å²) in [6, 6.07) is 14.1. The third-order valence-corrected chi connectivity index (χ3v) is 3.87. The maximum absolute atomic E-state index is 12.7. The van der Waals surface area contributed by atoms with Crippen molar-refractivity contribution >= 4 is 5.91 Å². The summed E-state index contributed by atoms with van der Waals surface area (Å²) in [5.74, 6) is 0.139. The van der Waals surface area contributed by atoms with E-state index in [-0.39, 0.29) is 5.91 Å². The SMILES string of the molecule is O=C(c1cccn1Cc1ccccc1)N1CCCNCC1. The van der Waals surface area contributed by atoms with Crippen LogP contribution in [0.2, 0.25) is 0 Å². The highest BCUT2D eigenvalue weighted by Crippen LogP contribution is 2.11. The molecule has 1 aliphatic rings. The van der Waals surface area contributed by atoms with E-state index >= 15 is 0 Å². The van der Waals surface area contributed by atoms with Crippen LogP contribution in [0.5, 0.6) is 0 Å². The van der Waals surface area contributed by atoms with Gasteiger partial charge in [0.05, 0.1) is 0 Å². The number of hydrogen-bond donors (Lipinski definition) is 1. The predicted octanol–water partition coefficient (Wildman–Crippen LogP) is 1.97. The number of benzene rings is 1. The molecule has 0 radical (unpaired) electrons. The number of hydrogen-bond acceptors (Lipinski definition) is 2. The van der Waals surface area contributed by atoms with Crippen molar-refractivity contribution in [2.45, 2.75) is 13.0 Å². The Morgan fingerprint density at radius 2 is 1.90 bits per heavy atom.